The second kappa shape index (κ2) is 7.79. The first-order valence-electron chi connectivity index (χ1n) is 10.4. The second-order valence-corrected chi connectivity index (χ2v) is 8.12. The number of hydrogen-bond donors (Lipinski definition) is 0. The molecule has 0 amide bonds. The first-order chi connectivity index (χ1) is 14.0. The largest absolute Gasteiger partial charge is 0.264 e. The lowest BCUT2D eigenvalue weighted by molar-refractivity contribution is -0.665. The zero-order valence-electron chi connectivity index (χ0n) is 18.0. The molecule has 0 saturated heterocycles. The summed E-state index contributed by atoms with van der Waals surface area (Å²) in [6.07, 6.45) is 4.91. The molecule has 4 aromatic rings. The second-order valence-electron chi connectivity index (χ2n) is 8.12. The van der Waals surface area contributed by atoms with Crippen LogP contribution in [0, 0.1) is 13.8 Å². The lowest BCUT2D eigenvalue weighted by Crippen LogP contribution is -2.35. The van der Waals surface area contributed by atoms with E-state index in [-0.39, 0.29) is 0 Å². The molecule has 0 aliphatic rings. The Morgan fingerprint density at radius 2 is 1.79 bits per heavy atom. The summed E-state index contributed by atoms with van der Waals surface area (Å²) in [5.74, 6) is 0.577. The van der Waals surface area contributed by atoms with E-state index in [4.69, 9.17) is 0 Å². The van der Waals surface area contributed by atoms with E-state index in [1.807, 2.05) is 18.5 Å². The summed E-state index contributed by atoms with van der Waals surface area (Å²) in [7, 11) is 2.17. The molecule has 146 valence electrons. The highest BCUT2D eigenvalue weighted by Crippen LogP contribution is 2.33. The summed E-state index contributed by atoms with van der Waals surface area (Å²) in [4.78, 5) is 4.30. The Labute approximate surface area is 173 Å². The molecular weight excluding hydrogens is 352 g/mol. The fraction of sp³-hybridized carbons (Fsp3) is 0.259. The molecule has 1 atom stereocenters. The topological polar surface area (TPSA) is 16.8 Å². The summed E-state index contributed by atoms with van der Waals surface area (Å²) in [6.45, 7) is 8.95. The number of fused-ring (bicyclic) bond motifs is 1. The summed E-state index contributed by atoms with van der Waals surface area (Å²) >= 11 is 0. The Morgan fingerprint density at radius 1 is 0.966 bits per heavy atom. The van der Waals surface area contributed by atoms with Crippen molar-refractivity contribution in [2.75, 3.05) is 0 Å². The van der Waals surface area contributed by atoms with Gasteiger partial charge >= 0.3 is 0 Å². The molecule has 4 rings (SSSR count). The van der Waals surface area contributed by atoms with Gasteiger partial charge in [-0.2, -0.15) is 4.57 Å². The fourth-order valence-electron chi connectivity index (χ4n) is 4.05. The lowest BCUT2D eigenvalue weighted by Gasteiger charge is -2.14. The molecule has 0 saturated carbocycles. The number of aryl methyl sites for hydroxylation is 2. The van der Waals surface area contributed by atoms with Gasteiger partial charge in [0.25, 0.3) is 0 Å². The van der Waals surface area contributed by atoms with E-state index in [0.717, 1.165) is 12.0 Å². The predicted molar refractivity (Wildman–Crippen MR) is 122 cm³/mol. The van der Waals surface area contributed by atoms with Gasteiger partial charge in [-0.3, -0.25) is 4.98 Å². The van der Waals surface area contributed by atoms with Crippen molar-refractivity contribution in [2.45, 2.75) is 40.0 Å². The number of pyridine rings is 2. The van der Waals surface area contributed by atoms with Crippen molar-refractivity contribution in [3.05, 3.63) is 83.8 Å². The minimum Gasteiger partial charge on any atom is -0.264 e. The molecule has 0 bridgehead atoms. The van der Waals surface area contributed by atoms with Gasteiger partial charge in [0.15, 0.2) is 5.69 Å². The number of benzene rings is 2. The summed E-state index contributed by atoms with van der Waals surface area (Å²) in [6, 6.07) is 20.1. The third kappa shape index (κ3) is 3.55. The normalized spacial score (nSPS) is 12.3. The minimum absolute atomic E-state index is 0.577. The van der Waals surface area contributed by atoms with Crippen molar-refractivity contribution in [2.24, 2.45) is 7.05 Å². The number of rotatable bonds is 4. The van der Waals surface area contributed by atoms with Gasteiger partial charge in [0.1, 0.15) is 7.05 Å². The zero-order chi connectivity index (χ0) is 20.5. The Bertz CT molecular complexity index is 1180. The predicted octanol–water partition coefficient (Wildman–Crippen LogP) is 6.52. The molecule has 0 fully saturated rings. The molecule has 2 heterocycles. The third-order valence-corrected chi connectivity index (χ3v) is 6.23. The highest BCUT2D eigenvalue weighted by atomic mass is 14.9. The van der Waals surface area contributed by atoms with Gasteiger partial charge in [-0.05, 0) is 59.5 Å². The summed E-state index contributed by atoms with van der Waals surface area (Å²) in [5, 5.41) is 2.62. The molecule has 2 nitrogen and oxygen atoms in total. The first kappa shape index (κ1) is 19.3. The highest BCUT2D eigenvalue weighted by Gasteiger charge is 2.21. The van der Waals surface area contributed by atoms with Crippen LogP contribution in [0.5, 0.6) is 0 Å². The van der Waals surface area contributed by atoms with Gasteiger partial charge in [0.05, 0.1) is 10.9 Å². The number of aromatic nitrogens is 2. The van der Waals surface area contributed by atoms with Crippen LogP contribution in [-0.2, 0) is 7.05 Å². The zero-order valence-corrected chi connectivity index (χ0v) is 18.0. The Kier molecular flexibility index (Phi) is 5.19. The molecule has 2 heteroatoms. The maximum Gasteiger partial charge on any atom is 0.220 e. The average Bonchev–Trinajstić information content (AvgIpc) is 2.75. The van der Waals surface area contributed by atoms with Crippen molar-refractivity contribution in [3.63, 3.8) is 0 Å². The van der Waals surface area contributed by atoms with Crippen LogP contribution in [0.3, 0.4) is 0 Å². The molecule has 1 unspecified atom stereocenters. The van der Waals surface area contributed by atoms with Crippen LogP contribution in [-0.4, -0.2) is 4.98 Å². The average molecular weight is 382 g/mol. The van der Waals surface area contributed by atoms with Crippen LogP contribution < -0.4 is 4.57 Å². The number of nitrogens with zero attached hydrogens (tertiary/aromatic N) is 2. The van der Waals surface area contributed by atoms with Crippen molar-refractivity contribution in [3.8, 4) is 22.4 Å². The van der Waals surface area contributed by atoms with E-state index in [1.165, 1.54) is 44.4 Å². The molecule has 0 radical (unpaired) electrons. The van der Waals surface area contributed by atoms with Gasteiger partial charge in [-0.1, -0.05) is 44.2 Å². The molecule has 0 aliphatic heterocycles. The van der Waals surface area contributed by atoms with Gasteiger partial charge in [0, 0.05) is 30.9 Å². The van der Waals surface area contributed by atoms with E-state index in [1.54, 1.807) is 0 Å². The standard InChI is InChI=1S/C27H29N2/c1-6-18(2)21-11-12-25-24(15-21)14-20(4)29(5)27(25)26-16-22(10-9-19(26)3)23-8-7-13-28-17-23/h7-18H,6H2,1-5H3/q+1. The molecule has 0 aliphatic carbocycles. The van der Waals surface area contributed by atoms with Crippen LogP contribution in [0.4, 0.5) is 0 Å². The summed E-state index contributed by atoms with van der Waals surface area (Å²) < 4.78 is 2.32. The van der Waals surface area contributed by atoms with Gasteiger partial charge in [-0.25, -0.2) is 0 Å². The number of hydrogen-bond acceptors (Lipinski definition) is 1. The van der Waals surface area contributed by atoms with E-state index in [2.05, 4.69) is 92.8 Å². The smallest absolute Gasteiger partial charge is 0.220 e. The van der Waals surface area contributed by atoms with Crippen LogP contribution in [0.1, 0.15) is 43.0 Å². The molecular formula is C27H29N2+. The van der Waals surface area contributed by atoms with Gasteiger partial charge in [0.2, 0.25) is 5.69 Å². The summed E-state index contributed by atoms with van der Waals surface area (Å²) in [5.41, 5.74) is 8.86. The maximum absolute atomic E-state index is 4.30. The van der Waals surface area contributed by atoms with Crippen LogP contribution in [0.15, 0.2) is 67.0 Å². The van der Waals surface area contributed by atoms with Crippen molar-refractivity contribution < 1.29 is 4.57 Å². The Morgan fingerprint density at radius 3 is 2.52 bits per heavy atom. The van der Waals surface area contributed by atoms with Crippen LogP contribution in [0.2, 0.25) is 0 Å². The minimum atomic E-state index is 0.577. The monoisotopic (exact) mass is 381 g/mol. The van der Waals surface area contributed by atoms with Crippen LogP contribution in [0.25, 0.3) is 33.2 Å². The molecule has 29 heavy (non-hydrogen) atoms. The van der Waals surface area contributed by atoms with E-state index < -0.39 is 0 Å². The van der Waals surface area contributed by atoms with Crippen molar-refractivity contribution >= 4 is 10.8 Å². The van der Waals surface area contributed by atoms with E-state index >= 15 is 0 Å². The van der Waals surface area contributed by atoms with Crippen molar-refractivity contribution in [1.82, 2.24) is 4.98 Å². The maximum atomic E-state index is 4.30. The molecule has 0 spiro atoms. The van der Waals surface area contributed by atoms with Gasteiger partial charge < -0.3 is 0 Å². The van der Waals surface area contributed by atoms with E-state index in [0.29, 0.717) is 5.92 Å². The third-order valence-electron chi connectivity index (χ3n) is 6.23. The SMILES string of the molecule is CCC(C)c1ccc2c(-c3cc(-c4cccnc4)ccc3C)[n+](C)c(C)cc2c1. The first-order valence-corrected chi connectivity index (χ1v) is 10.4. The molecule has 2 aromatic heterocycles. The highest BCUT2D eigenvalue weighted by molar-refractivity contribution is 5.95. The fourth-order valence-corrected chi connectivity index (χ4v) is 4.05. The van der Waals surface area contributed by atoms with E-state index in [9.17, 15) is 0 Å². The van der Waals surface area contributed by atoms with Gasteiger partial charge in [-0.15, -0.1) is 0 Å². The quantitative estimate of drug-likeness (QED) is 0.368. The lowest BCUT2D eigenvalue weighted by atomic mass is 9.92. The van der Waals surface area contributed by atoms with Crippen LogP contribution >= 0.6 is 0 Å². The Balaban J connectivity index is 1.97. The molecule has 2 aromatic carbocycles. The molecule has 0 N–H and O–H groups in total. The Hall–Kier alpha value is -3.00. The van der Waals surface area contributed by atoms with Crippen molar-refractivity contribution in [1.29, 1.82) is 0 Å².